The molecule has 0 bridgehead atoms. The number of nitrogens with zero attached hydrogens (tertiary/aromatic N) is 2. The maximum absolute atomic E-state index is 10.6. The van der Waals surface area contributed by atoms with E-state index in [0.29, 0.717) is 6.54 Å². The minimum Gasteiger partial charge on any atom is -0.506 e. The molecule has 0 saturated carbocycles. The molecule has 2 rings (SSSR count). The zero-order valence-corrected chi connectivity index (χ0v) is 10.7. The summed E-state index contributed by atoms with van der Waals surface area (Å²) in [5, 5.41) is 21.2. The average molecular weight is 265 g/mol. The van der Waals surface area contributed by atoms with Crippen LogP contribution in [0.1, 0.15) is 19.3 Å². The third-order valence-electron chi connectivity index (χ3n) is 3.25. The summed E-state index contributed by atoms with van der Waals surface area (Å²) in [5.74, 6) is 0.135. The lowest BCUT2D eigenvalue weighted by Gasteiger charge is -2.33. The summed E-state index contributed by atoms with van der Waals surface area (Å²) < 4.78 is 0. The monoisotopic (exact) mass is 265 g/mol. The summed E-state index contributed by atoms with van der Waals surface area (Å²) in [7, 11) is 0. The van der Waals surface area contributed by atoms with Crippen LogP contribution in [0, 0.1) is 0 Å². The van der Waals surface area contributed by atoms with Crippen molar-refractivity contribution < 1.29 is 15.0 Å². The van der Waals surface area contributed by atoms with Crippen molar-refractivity contribution in [2.24, 2.45) is 0 Å². The van der Waals surface area contributed by atoms with Crippen LogP contribution in [0.3, 0.4) is 0 Å². The first-order valence-corrected chi connectivity index (χ1v) is 6.49. The van der Waals surface area contributed by atoms with Crippen molar-refractivity contribution in [2.45, 2.75) is 25.3 Å². The number of aliphatic carboxylic acids is 1. The van der Waals surface area contributed by atoms with Crippen LogP contribution in [0.2, 0.25) is 0 Å². The van der Waals surface area contributed by atoms with Crippen LogP contribution in [0.4, 0.5) is 5.82 Å². The van der Waals surface area contributed by atoms with Gasteiger partial charge in [0.2, 0.25) is 0 Å². The molecule has 3 N–H and O–H groups in total. The van der Waals surface area contributed by atoms with E-state index in [-0.39, 0.29) is 18.2 Å². The molecule has 19 heavy (non-hydrogen) atoms. The number of anilines is 1. The molecule has 0 spiro atoms. The molecule has 6 nitrogen and oxygen atoms in total. The van der Waals surface area contributed by atoms with Crippen molar-refractivity contribution in [3.63, 3.8) is 0 Å². The number of piperidine rings is 1. The first-order chi connectivity index (χ1) is 9.13. The van der Waals surface area contributed by atoms with Crippen LogP contribution in [-0.2, 0) is 4.79 Å². The van der Waals surface area contributed by atoms with Gasteiger partial charge in [0.1, 0.15) is 11.6 Å². The van der Waals surface area contributed by atoms with Gasteiger partial charge in [0.05, 0.1) is 12.6 Å². The Balaban J connectivity index is 1.83. The summed E-state index contributed by atoms with van der Waals surface area (Å²) in [6.45, 7) is 2.38. The van der Waals surface area contributed by atoms with E-state index in [9.17, 15) is 9.90 Å². The number of hydrogen-bond donors (Lipinski definition) is 3. The minimum absolute atomic E-state index is 0.150. The number of nitrogens with one attached hydrogen (secondary N) is 1. The molecule has 0 aromatic carbocycles. The summed E-state index contributed by atoms with van der Waals surface area (Å²) >= 11 is 0. The summed E-state index contributed by atoms with van der Waals surface area (Å²) in [4.78, 5) is 16.8. The van der Waals surface area contributed by atoms with Crippen LogP contribution in [-0.4, -0.2) is 51.7 Å². The molecule has 1 saturated heterocycles. The van der Waals surface area contributed by atoms with Crippen molar-refractivity contribution in [3.8, 4) is 5.75 Å². The van der Waals surface area contributed by atoms with Gasteiger partial charge in [-0.3, -0.25) is 4.79 Å². The second kappa shape index (κ2) is 6.38. The number of carboxylic acid groups (broad SMARTS) is 1. The molecule has 1 unspecified atom stereocenters. The number of aromatic hydroxyl groups is 1. The van der Waals surface area contributed by atoms with Crippen LogP contribution in [0.25, 0.3) is 0 Å². The molecular formula is C13H19N3O3. The Morgan fingerprint density at radius 3 is 3.05 bits per heavy atom. The fourth-order valence-corrected chi connectivity index (χ4v) is 2.31. The Labute approximate surface area is 112 Å². The second-order valence-electron chi connectivity index (χ2n) is 4.83. The highest BCUT2D eigenvalue weighted by molar-refractivity contribution is 5.66. The van der Waals surface area contributed by atoms with Crippen LogP contribution in [0.5, 0.6) is 5.75 Å². The molecule has 104 valence electrons. The molecule has 0 radical (unpaired) electrons. The fourth-order valence-electron chi connectivity index (χ4n) is 2.31. The zero-order valence-electron chi connectivity index (χ0n) is 10.7. The maximum atomic E-state index is 10.6. The topological polar surface area (TPSA) is 85.7 Å². The predicted molar refractivity (Wildman–Crippen MR) is 71.2 cm³/mol. The van der Waals surface area contributed by atoms with Gasteiger partial charge >= 0.3 is 5.97 Å². The normalized spacial score (nSPS) is 20.1. The quantitative estimate of drug-likeness (QED) is 0.740. The fraction of sp³-hybridized carbons (Fsp3) is 0.538. The van der Waals surface area contributed by atoms with E-state index < -0.39 is 5.97 Å². The lowest BCUT2D eigenvalue weighted by atomic mass is 10.1. The van der Waals surface area contributed by atoms with Gasteiger partial charge in [-0.1, -0.05) is 0 Å². The Bertz CT molecular complexity index is 422. The van der Waals surface area contributed by atoms with Gasteiger partial charge < -0.3 is 20.4 Å². The number of aromatic nitrogens is 1. The smallest absolute Gasteiger partial charge is 0.304 e. The van der Waals surface area contributed by atoms with Crippen molar-refractivity contribution >= 4 is 11.8 Å². The van der Waals surface area contributed by atoms with Gasteiger partial charge in [-0.05, 0) is 31.5 Å². The van der Waals surface area contributed by atoms with Crippen LogP contribution < -0.4 is 5.32 Å². The Kier molecular flexibility index (Phi) is 4.57. The second-order valence-corrected chi connectivity index (χ2v) is 4.83. The lowest BCUT2D eigenvalue weighted by molar-refractivity contribution is -0.137. The summed E-state index contributed by atoms with van der Waals surface area (Å²) in [5.41, 5.74) is 0. The van der Waals surface area contributed by atoms with Crippen molar-refractivity contribution in [1.29, 1.82) is 0 Å². The molecule has 6 heteroatoms. The Hall–Kier alpha value is -1.82. The summed E-state index contributed by atoms with van der Waals surface area (Å²) in [6, 6.07) is 3.62. The molecular weight excluding hydrogens is 246 g/mol. The number of rotatable bonds is 5. The molecule has 1 aromatic rings. The molecule has 1 aromatic heterocycles. The predicted octanol–water partition coefficient (Wildman–Crippen LogP) is 1.14. The molecule has 1 aliphatic heterocycles. The first kappa shape index (κ1) is 13.6. The minimum atomic E-state index is -0.754. The standard InChI is InChI=1S/C13H19N3O3/c17-11-3-4-12(14-8-11)15-10-2-1-6-16(9-10)7-5-13(18)19/h3-4,8,10,17H,1-2,5-7,9H2,(H,14,15)(H,18,19). The molecule has 1 aliphatic rings. The largest absolute Gasteiger partial charge is 0.506 e. The zero-order chi connectivity index (χ0) is 13.7. The number of likely N-dealkylation sites (tertiary alicyclic amines) is 1. The molecule has 0 amide bonds. The maximum Gasteiger partial charge on any atom is 0.304 e. The number of pyridine rings is 1. The van der Waals surface area contributed by atoms with Gasteiger partial charge in [0, 0.05) is 19.1 Å². The third kappa shape index (κ3) is 4.40. The molecule has 0 aliphatic carbocycles. The molecule has 1 fully saturated rings. The van der Waals surface area contributed by atoms with Gasteiger partial charge in [-0.2, -0.15) is 0 Å². The highest BCUT2D eigenvalue weighted by Crippen LogP contribution is 2.16. The van der Waals surface area contributed by atoms with E-state index in [1.807, 2.05) is 0 Å². The van der Waals surface area contributed by atoms with E-state index in [2.05, 4.69) is 15.2 Å². The van der Waals surface area contributed by atoms with E-state index in [0.717, 1.165) is 31.7 Å². The van der Waals surface area contributed by atoms with Crippen molar-refractivity contribution in [2.75, 3.05) is 25.0 Å². The molecule has 2 heterocycles. The number of hydrogen-bond acceptors (Lipinski definition) is 5. The first-order valence-electron chi connectivity index (χ1n) is 6.49. The Morgan fingerprint density at radius 1 is 1.53 bits per heavy atom. The van der Waals surface area contributed by atoms with Crippen molar-refractivity contribution in [3.05, 3.63) is 18.3 Å². The van der Waals surface area contributed by atoms with Crippen LogP contribution in [0.15, 0.2) is 18.3 Å². The van der Waals surface area contributed by atoms with E-state index in [4.69, 9.17) is 5.11 Å². The van der Waals surface area contributed by atoms with E-state index >= 15 is 0 Å². The van der Waals surface area contributed by atoms with E-state index in [1.165, 1.54) is 6.20 Å². The van der Waals surface area contributed by atoms with Crippen LogP contribution >= 0.6 is 0 Å². The average Bonchev–Trinajstić information content (AvgIpc) is 2.40. The lowest BCUT2D eigenvalue weighted by Crippen LogP contribution is -2.42. The molecule has 1 atom stereocenters. The van der Waals surface area contributed by atoms with Gasteiger partial charge in [-0.25, -0.2) is 4.98 Å². The van der Waals surface area contributed by atoms with Gasteiger partial charge in [0.25, 0.3) is 0 Å². The number of carboxylic acids is 1. The Morgan fingerprint density at radius 2 is 2.37 bits per heavy atom. The highest BCUT2D eigenvalue weighted by atomic mass is 16.4. The third-order valence-corrected chi connectivity index (χ3v) is 3.25. The van der Waals surface area contributed by atoms with Gasteiger partial charge in [-0.15, -0.1) is 0 Å². The SMILES string of the molecule is O=C(O)CCN1CCCC(Nc2ccc(O)cn2)C1. The van der Waals surface area contributed by atoms with Gasteiger partial charge in [0.15, 0.2) is 0 Å². The van der Waals surface area contributed by atoms with Crippen molar-refractivity contribution in [1.82, 2.24) is 9.88 Å². The highest BCUT2D eigenvalue weighted by Gasteiger charge is 2.20. The summed E-state index contributed by atoms with van der Waals surface area (Å²) in [6.07, 6.45) is 3.69. The van der Waals surface area contributed by atoms with E-state index in [1.54, 1.807) is 12.1 Å². The number of carbonyl (C=O) groups is 1.